The zero-order valence-corrected chi connectivity index (χ0v) is 9.68. The molecule has 0 unspecified atom stereocenters. The number of nitrogens with two attached hydrogens (primary N) is 1. The second-order valence-corrected chi connectivity index (χ2v) is 3.53. The summed E-state index contributed by atoms with van der Waals surface area (Å²) in [5, 5.41) is 3.15. The maximum absolute atomic E-state index is 5.81. The van der Waals surface area contributed by atoms with E-state index in [9.17, 15) is 0 Å². The summed E-state index contributed by atoms with van der Waals surface area (Å²) in [6.45, 7) is 2.60. The molecule has 0 amide bonds. The van der Waals surface area contributed by atoms with Crippen LogP contribution in [0.15, 0.2) is 42.6 Å². The quantitative estimate of drug-likeness (QED) is 0.846. The van der Waals surface area contributed by atoms with Crippen LogP contribution in [0.5, 0.6) is 5.75 Å². The summed E-state index contributed by atoms with van der Waals surface area (Å²) in [5.74, 6) is 1.48. The molecule has 1 aromatic carbocycles. The van der Waals surface area contributed by atoms with Gasteiger partial charge >= 0.3 is 0 Å². The van der Waals surface area contributed by atoms with Gasteiger partial charge in [-0.2, -0.15) is 0 Å². The number of aromatic nitrogens is 1. The summed E-state index contributed by atoms with van der Waals surface area (Å²) < 4.78 is 5.42. The lowest BCUT2D eigenvalue weighted by molar-refractivity contribution is 0.340. The molecule has 0 aliphatic carbocycles. The van der Waals surface area contributed by atoms with Crippen molar-refractivity contribution < 1.29 is 4.74 Å². The summed E-state index contributed by atoms with van der Waals surface area (Å²) in [5.41, 5.74) is 7.33. The van der Waals surface area contributed by atoms with Gasteiger partial charge in [-0.1, -0.05) is 6.07 Å². The van der Waals surface area contributed by atoms with Gasteiger partial charge in [-0.15, -0.1) is 0 Å². The Hall–Kier alpha value is -2.23. The molecule has 1 heterocycles. The molecule has 2 aromatic rings. The average Bonchev–Trinajstić information content (AvgIpc) is 2.33. The molecule has 3 N–H and O–H groups in total. The monoisotopic (exact) mass is 229 g/mol. The summed E-state index contributed by atoms with van der Waals surface area (Å²) in [4.78, 5) is 4.17. The van der Waals surface area contributed by atoms with Crippen molar-refractivity contribution in [2.75, 3.05) is 17.7 Å². The van der Waals surface area contributed by atoms with E-state index in [4.69, 9.17) is 10.5 Å². The SMILES string of the molecule is CCOc1cccc(Nc2ncccc2N)c1. The minimum Gasteiger partial charge on any atom is -0.494 e. The second-order valence-electron chi connectivity index (χ2n) is 3.53. The number of anilines is 3. The van der Waals surface area contributed by atoms with Crippen LogP contribution in [0.25, 0.3) is 0 Å². The van der Waals surface area contributed by atoms with Crippen LogP contribution >= 0.6 is 0 Å². The van der Waals surface area contributed by atoms with E-state index in [2.05, 4.69) is 10.3 Å². The first-order valence-electron chi connectivity index (χ1n) is 5.50. The Morgan fingerprint density at radius 2 is 2.18 bits per heavy atom. The Labute approximate surface area is 100 Å². The number of pyridine rings is 1. The van der Waals surface area contributed by atoms with Crippen LogP contribution in [-0.4, -0.2) is 11.6 Å². The zero-order valence-electron chi connectivity index (χ0n) is 9.68. The van der Waals surface area contributed by atoms with Crippen molar-refractivity contribution in [2.24, 2.45) is 0 Å². The molecule has 0 bridgehead atoms. The van der Waals surface area contributed by atoms with Crippen molar-refractivity contribution in [1.82, 2.24) is 4.98 Å². The normalized spacial score (nSPS) is 9.94. The molecule has 4 heteroatoms. The average molecular weight is 229 g/mol. The fraction of sp³-hybridized carbons (Fsp3) is 0.154. The molecule has 2 rings (SSSR count). The van der Waals surface area contributed by atoms with E-state index < -0.39 is 0 Å². The molecule has 0 aliphatic heterocycles. The highest BCUT2D eigenvalue weighted by atomic mass is 16.5. The van der Waals surface area contributed by atoms with E-state index in [-0.39, 0.29) is 0 Å². The van der Waals surface area contributed by atoms with E-state index in [1.54, 1.807) is 12.3 Å². The molecular weight excluding hydrogens is 214 g/mol. The lowest BCUT2D eigenvalue weighted by Gasteiger charge is -2.09. The first-order valence-corrected chi connectivity index (χ1v) is 5.50. The first-order chi connectivity index (χ1) is 8.29. The first kappa shape index (κ1) is 11.3. The Bertz CT molecular complexity index is 500. The van der Waals surface area contributed by atoms with Crippen LogP contribution in [0.2, 0.25) is 0 Å². The van der Waals surface area contributed by atoms with Gasteiger partial charge in [0.25, 0.3) is 0 Å². The van der Waals surface area contributed by atoms with Crippen LogP contribution in [0.3, 0.4) is 0 Å². The van der Waals surface area contributed by atoms with Crippen molar-refractivity contribution >= 4 is 17.2 Å². The van der Waals surface area contributed by atoms with Gasteiger partial charge in [0, 0.05) is 18.0 Å². The van der Waals surface area contributed by atoms with Gasteiger partial charge < -0.3 is 15.8 Å². The summed E-state index contributed by atoms with van der Waals surface area (Å²) in [6.07, 6.45) is 1.70. The molecule has 4 nitrogen and oxygen atoms in total. The molecule has 0 atom stereocenters. The highest BCUT2D eigenvalue weighted by Gasteiger charge is 2.01. The number of hydrogen-bond donors (Lipinski definition) is 2. The Kier molecular flexibility index (Phi) is 3.45. The van der Waals surface area contributed by atoms with Crippen molar-refractivity contribution in [3.05, 3.63) is 42.6 Å². The van der Waals surface area contributed by atoms with Crippen LogP contribution in [-0.2, 0) is 0 Å². The predicted molar refractivity (Wildman–Crippen MR) is 69.5 cm³/mol. The molecule has 0 spiro atoms. The van der Waals surface area contributed by atoms with Crippen LogP contribution in [0, 0.1) is 0 Å². The molecular formula is C13H15N3O. The van der Waals surface area contributed by atoms with Gasteiger partial charge in [0.2, 0.25) is 0 Å². The Balaban J connectivity index is 2.18. The third-order valence-corrected chi connectivity index (χ3v) is 2.25. The van der Waals surface area contributed by atoms with E-state index in [1.807, 2.05) is 37.3 Å². The minimum atomic E-state index is 0.620. The summed E-state index contributed by atoms with van der Waals surface area (Å²) >= 11 is 0. The van der Waals surface area contributed by atoms with Gasteiger partial charge in [-0.3, -0.25) is 0 Å². The highest BCUT2D eigenvalue weighted by Crippen LogP contribution is 2.23. The summed E-state index contributed by atoms with van der Waals surface area (Å²) in [6, 6.07) is 11.3. The number of ether oxygens (including phenoxy) is 1. The highest BCUT2D eigenvalue weighted by molar-refractivity contribution is 5.68. The number of nitrogens with zero attached hydrogens (tertiary/aromatic N) is 1. The van der Waals surface area contributed by atoms with E-state index in [0.29, 0.717) is 18.1 Å². The van der Waals surface area contributed by atoms with Crippen molar-refractivity contribution in [3.63, 3.8) is 0 Å². The van der Waals surface area contributed by atoms with Gasteiger partial charge in [0.05, 0.1) is 12.3 Å². The summed E-state index contributed by atoms with van der Waals surface area (Å²) in [7, 11) is 0. The van der Waals surface area contributed by atoms with Gasteiger partial charge in [0.15, 0.2) is 5.82 Å². The van der Waals surface area contributed by atoms with Crippen molar-refractivity contribution in [2.45, 2.75) is 6.92 Å². The van der Waals surface area contributed by atoms with Gasteiger partial charge in [-0.25, -0.2) is 4.98 Å². The third kappa shape index (κ3) is 2.87. The molecule has 88 valence electrons. The second kappa shape index (κ2) is 5.21. The zero-order chi connectivity index (χ0) is 12.1. The molecule has 1 aromatic heterocycles. The number of nitrogen functional groups attached to an aromatic ring is 1. The maximum Gasteiger partial charge on any atom is 0.153 e. The smallest absolute Gasteiger partial charge is 0.153 e. The predicted octanol–water partition coefficient (Wildman–Crippen LogP) is 2.81. The lowest BCUT2D eigenvalue weighted by atomic mass is 10.3. The fourth-order valence-electron chi connectivity index (χ4n) is 1.49. The topological polar surface area (TPSA) is 60.2 Å². The molecule has 0 saturated heterocycles. The van der Waals surface area contributed by atoms with Crippen LogP contribution in [0.1, 0.15) is 6.92 Å². The lowest BCUT2D eigenvalue weighted by Crippen LogP contribution is -1.99. The third-order valence-electron chi connectivity index (χ3n) is 2.25. The minimum absolute atomic E-state index is 0.620. The number of nitrogens with one attached hydrogen (secondary N) is 1. The molecule has 0 aliphatic rings. The standard InChI is InChI=1S/C13H15N3O/c1-2-17-11-6-3-5-10(9-11)16-13-12(14)7-4-8-15-13/h3-9H,2,14H2,1H3,(H,15,16). The fourth-order valence-corrected chi connectivity index (χ4v) is 1.49. The Morgan fingerprint density at radius 1 is 1.29 bits per heavy atom. The van der Waals surface area contributed by atoms with Crippen molar-refractivity contribution in [3.8, 4) is 5.75 Å². The van der Waals surface area contributed by atoms with E-state index in [1.165, 1.54) is 0 Å². The van der Waals surface area contributed by atoms with Crippen LogP contribution < -0.4 is 15.8 Å². The van der Waals surface area contributed by atoms with E-state index >= 15 is 0 Å². The van der Waals surface area contributed by atoms with Gasteiger partial charge in [-0.05, 0) is 31.2 Å². The van der Waals surface area contributed by atoms with E-state index in [0.717, 1.165) is 11.4 Å². The maximum atomic E-state index is 5.81. The molecule has 0 radical (unpaired) electrons. The number of rotatable bonds is 4. The molecule has 17 heavy (non-hydrogen) atoms. The van der Waals surface area contributed by atoms with Crippen LogP contribution in [0.4, 0.5) is 17.2 Å². The molecule has 0 saturated carbocycles. The number of hydrogen-bond acceptors (Lipinski definition) is 4. The Morgan fingerprint density at radius 3 is 2.94 bits per heavy atom. The largest absolute Gasteiger partial charge is 0.494 e. The van der Waals surface area contributed by atoms with Gasteiger partial charge in [0.1, 0.15) is 5.75 Å². The molecule has 0 fully saturated rings. The number of benzene rings is 1. The van der Waals surface area contributed by atoms with Crippen molar-refractivity contribution in [1.29, 1.82) is 0 Å².